The Labute approximate surface area is 127 Å². The zero-order valence-corrected chi connectivity index (χ0v) is 13.3. The number of hydrogen-bond donors (Lipinski definition) is 2. The van der Waals surface area contributed by atoms with Crippen LogP contribution in [-0.4, -0.2) is 36.2 Å². The third kappa shape index (κ3) is 3.95. The zero-order chi connectivity index (χ0) is 15.5. The van der Waals surface area contributed by atoms with Gasteiger partial charge in [0.25, 0.3) is 0 Å². The molecular weight excluding hydrogens is 267 g/mol. The van der Waals surface area contributed by atoms with Gasteiger partial charge >= 0.3 is 0 Å². The molecule has 0 bridgehead atoms. The van der Waals surface area contributed by atoms with E-state index < -0.39 is 0 Å². The highest BCUT2D eigenvalue weighted by Gasteiger charge is 2.36. The predicted molar refractivity (Wildman–Crippen MR) is 83.8 cm³/mol. The van der Waals surface area contributed by atoms with Gasteiger partial charge in [0.15, 0.2) is 0 Å². The summed E-state index contributed by atoms with van der Waals surface area (Å²) in [6.45, 7) is 3.67. The molecule has 0 aromatic heterocycles. The number of nitrogens with one attached hydrogen (secondary N) is 1. The van der Waals surface area contributed by atoms with Crippen LogP contribution in [-0.2, 0) is 6.54 Å². The molecule has 2 rings (SSSR count). The summed E-state index contributed by atoms with van der Waals surface area (Å²) in [6, 6.07) is 4.09. The molecule has 4 heteroatoms. The Morgan fingerprint density at radius 2 is 2.19 bits per heavy atom. The molecule has 118 valence electrons. The molecule has 1 fully saturated rings. The van der Waals surface area contributed by atoms with E-state index in [9.17, 15) is 9.50 Å². The van der Waals surface area contributed by atoms with Crippen molar-refractivity contribution in [1.29, 1.82) is 0 Å². The average Bonchev–Trinajstić information content (AvgIpc) is 2.42. The van der Waals surface area contributed by atoms with E-state index in [0.29, 0.717) is 12.1 Å². The number of benzene rings is 1. The Bertz CT molecular complexity index is 478. The topological polar surface area (TPSA) is 35.5 Å². The van der Waals surface area contributed by atoms with Crippen LogP contribution in [0.2, 0.25) is 0 Å². The minimum atomic E-state index is -0.307. The highest BCUT2D eigenvalue weighted by atomic mass is 19.1. The first-order valence-corrected chi connectivity index (χ1v) is 7.78. The summed E-state index contributed by atoms with van der Waals surface area (Å²) in [5, 5.41) is 13.2. The molecule has 1 aromatic carbocycles. The molecule has 21 heavy (non-hydrogen) atoms. The first kappa shape index (κ1) is 16.2. The van der Waals surface area contributed by atoms with Gasteiger partial charge in [0, 0.05) is 24.2 Å². The molecule has 0 spiro atoms. The van der Waals surface area contributed by atoms with E-state index in [1.165, 1.54) is 43.9 Å². The number of phenolic OH excluding ortho intramolecular Hbond substituents is 1. The number of rotatable bonds is 5. The smallest absolute Gasteiger partial charge is 0.123 e. The number of likely N-dealkylation sites (N-methyl/N-ethyl adjacent to an activating group) is 1. The highest BCUT2D eigenvalue weighted by Crippen LogP contribution is 2.35. The molecule has 0 aliphatic heterocycles. The first-order valence-electron chi connectivity index (χ1n) is 7.78. The van der Waals surface area contributed by atoms with Gasteiger partial charge in [-0.05, 0) is 51.1 Å². The number of hydrogen-bond acceptors (Lipinski definition) is 3. The lowest BCUT2D eigenvalue weighted by molar-refractivity contribution is 0.0749. The molecule has 0 amide bonds. The lowest BCUT2D eigenvalue weighted by Gasteiger charge is -2.45. The maximum Gasteiger partial charge on any atom is 0.123 e. The van der Waals surface area contributed by atoms with Crippen molar-refractivity contribution in [2.24, 2.45) is 5.92 Å². The van der Waals surface area contributed by atoms with Crippen LogP contribution in [0, 0.1) is 11.7 Å². The summed E-state index contributed by atoms with van der Waals surface area (Å²) in [5.74, 6) is 0.587. The Hall–Kier alpha value is -1.13. The number of phenols is 1. The van der Waals surface area contributed by atoms with Gasteiger partial charge in [-0.1, -0.05) is 19.8 Å². The molecular formula is C17H27FN2O. The molecule has 0 heterocycles. The monoisotopic (exact) mass is 294 g/mol. The van der Waals surface area contributed by atoms with Crippen LogP contribution in [0.4, 0.5) is 4.39 Å². The van der Waals surface area contributed by atoms with Gasteiger partial charge in [0.05, 0.1) is 0 Å². The Balaban J connectivity index is 1.98. The molecule has 2 N–H and O–H groups in total. The summed E-state index contributed by atoms with van der Waals surface area (Å²) < 4.78 is 13.2. The molecule has 3 nitrogen and oxygen atoms in total. The van der Waals surface area contributed by atoms with Crippen LogP contribution in [0.1, 0.15) is 38.2 Å². The Morgan fingerprint density at radius 1 is 1.43 bits per heavy atom. The van der Waals surface area contributed by atoms with Gasteiger partial charge in [-0.3, -0.25) is 0 Å². The van der Waals surface area contributed by atoms with Gasteiger partial charge in [-0.25, -0.2) is 4.39 Å². The molecule has 0 saturated heterocycles. The third-order valence-corrected chi connectivity index (χ3v) is 4.83. The van der Waals surface area contributed by atoms with Crippen LogP contribution in [0.5, 0.6) is 5.75 Å². The van der Waals surface area contributed by atoms with Crippen LogP contribution >= 0.6 is 0 Å². The molecule has 1 aromatic rings. The van der Waals surface area contributed by atoms with Gasteiger partial charge in [0.2, 0.25) is 0 Å². The molecule has 1 aliphatic carbocycles. The van der Waals surface area contributed by atoms with Crippen molar-refractivity contribution < 1.29 is 9.50 Å². The Kier molecular flexibility index (Phi) is 5.22. The summed E-state index contributed by atoms with van der Waals surface area (Å²) in [5.41, 5.74) is 0.786. The van der Waals surface area contributed by atoms with Crippen molar-refractivity contribution >= 4 is 0 Å². The maximum atomic E-state index is 13.2. The fourth-order valence-electron chi connectivity index (χ4n) is 3.48. The summed E-state index contributed by atoms with van der Waals surface area (Å²) in [7, 11) is 4.28. The summed E-state index contributed by atoms with van der Waals surface area (Å²) in [4.78, 5) is 2.32. The summed E-state index contributed by atoms with van der Waals surface area (Å²) in [6.07, 6.45) is 4.93. The largest absolute Gasteiger partial charge is 0.508 e. The van der Waals surface area contributed by atoms with E-state index in [0.717, 1.165) is 12.5 Å². The standard InChI is InChI=1S/C17H27FN2O/c1-13-5-4-8-17(10-13,20(2)3)12-19-11-14-9-15(18)6-7-16(14)21/h6-7,9,13,19,21H,4-5,8,10-12H2,1-3H3. The minimum absolute atomic E-state index is 0.153. The normalized spacial score (nSPS) is 26.2. The van der Waals surface area contributed by atoms with E-state index in [4.69, 9.17) is 0 Å². The Morgan fingerprint density at radius 3 is 2.86 bits per heavy atom. The maximum absolute atomic E-state index is 13.2. The summed E-state index contributed by atoms with van der Waals surface area (Å²) >= 11 is 0. The van der Waals surface area contributed by atoms with E-state index in [1.807, 2.05) is 0 Å². The second-order valence-corrected chi connectivity index (χ2v) is 6.70. The lowest BCUT2D eigenvalue weighted by atomic mass is 9.75. The van der Waals surface area contributed by atoms with Crippen molar-refractivity contribution in [3.05, 3.63) is 29.6 Å². The van der Waals surface area contributed by atoms with E-state index >= 15 is 0 Å². The number of nitrogens with zero attached hydrogens (tertiary/aromatic N) is 1. The second-order valence-electron chi connectivity index (χ2n) is 6.70. The van der Waals surface area contributed by atoms with Crippen molar-refractivity contribution in [3.63, 3.8) is 0 Å². The molecule has 2 atom stereocenters. The SMILES string of the molecule is CC1CCCC(CNCc2cc(F)ccc2O)(N(C)C)C1. The molecule has 0 radical (unpaired) electrons. The second kappa shape index (κ2) is 6.75. The third-order valence-electron chi connectivity index (χ3n) is 4.83. The highest BCUT2D eigenvalue weighted by molar-refractivity contribution is 5.32. The minimum Gasteiger partial charge on any atom is -0.508 e. The average molecular weight is 294 g/mol. The number of halogens is 1. The lowest BCUT2D eigenvalue weighted by Crippen LogP contribution is -2.54. The van der Waals surface area contributed by atoms with E-state index in [-0.39, 0.29) is 17.1 Å². The van der Waals surface area contributed by atoms with Crippen LogP contribution in [0.3, 0.4) is 0 Å². The van der Waals surface area contributed by atoms with Gasteiger partial charge < -0.3 is 15.3 Å². The predicted octanol–water partition coefficient (Wildman–Crippen LogP) is 3.13. The molecule has 1 saturated carbocycles. The quantitative estimate of drug-likeness (QED) is 0.876. The van der Waals surface area contributed by atoms with E-state index in [1.54, 1.807) is 0 Å². The first-order chi connectivity index (χ1) is 9.93. The van der Waals surface area contributed by atoms with Gasteiger partial charge in [-0.15, -0.1) is 0 Å². The van der Waals surface area contributed by atoms with Crippen LogP contribution in [0.15, 0.2) is 18.2 Å². The van der Waals surface area contributed by atoms with Crippen molar-refractivity contribution in [2.45, 2.75) is 44.7 Å². The zero-order valence-electron chi connectivity index (χ0n) is 13.3. The van der Waals surface area contributed by atoms with Crippen molar-refractivity contribution in [2.75, 3.05) is 20.6 Å². The molecule has 2 unspecified atom stereocenters. The number of aromatic hydroxyl groups is 1. The molecule has 1 aliphatic rings. The van der Waals surface area contributed by atoms with E-state index in [2.05, 4.69) is 31.2 Å². The van der Waals surface area contributed by atoms with Gasteiger partial charge in [-0.2, -0.15) is 0 Å². The van der Waals surface area contributed by atoms with Crippen LogP contribution in [0.25, 0.3) is 0 Å². The van der Waals surface area contributed by atoms with Crippen molar-refractivity contribution in [3.8, 4) is 5.75 Å². The fraction of sp³-hybridized carbons (Fsp3) is 0.647. The fourth-order valence-corrected chi connectivity index (χ4v) is 3.48. The van der Waals surface area contributed by atoms with Crippen molar-refractivity contribution in [1.82, 2.24) is 10.2 Å². The van der Waals surface area contributed by atoms with Gasteiger partial charge in [0.1, 0.15) is 11.6 Å². The van der Waals surface area contributed by atoms with Crippen LogP contribution < -0.4 is 5.32 Å².